The van der Waals surface area contributed by atoms with E-state index in [2.05, 4.69) is 254 Å². The predicted molar refractivity (Wildman–Crippen MR) is 283 cm³/mol. The average Bonchev–Trinajstić information content (AvgIpc) is 3.98. The van der Waals surface area contributed by atoms with E-state index in [4.69, 9.17) is 0 Å². The summed E-state index contributed by atoms with van der Waals surface area (Å²) in [6.45, 7) is 0. The van der Waals surface area contributed by atoms with Gasteiger partial charge >= 0.3 is 0 Å². The molecule has 0 amide bonds. The minimum atomic E-state index is -0.576. The minimum Gasteiger partial charge on any atom is -0.344 e. The fraction of sp³-hybridized carbons (Fsp3) is 0.0462. The van der Waals surface area contributed by atoms with Crippen LogP contribution in [0.1, 0.15) is 22.3 Å². The first-order chi connectivity index (χ1) is 33.1. The van der Waals surface area contributed by atoms with Crippen molar-refractivity contribution in [2.75, 3.05) is 0 Å². The number of benzene rings is 11. The van der Waals surface area contributed by atoms with E-state index in [9.17, 15) is 0 Å². The summed E-state index contributed by atoms with van der Waals surface area (Å²) in [5, 5.41) is 10.0. The fourth-order valence-electron chi connectivity index (χ4n) is 12.3. The van der Waals surface area contributed by atoms with E-state index in [0.717, 1.165) is 0 Å². The third-order valence-electron chi connectivity index (χ3n) is 15.2. The largest absolute Gasteiger partial charge is 0.344 e. The van der Waals surface area contributed by atoms with Gasteiger partial charge in [-0.05, 0) is 131 Å². The van der Waals surface area contributed by atoms with Crippen molar-refractivity contribution in [3.8, 4) is 44.5 Å². The van der Waals surface area contributed by atoms with Gasteiger partial charge in [0.05, 0.1) is 5.41 Å². The zero-order valence-corrected chi connectivity index (χ0v) is 37.3. The highest BCUT2D eigenvalue weighted by atomic mass is 14.9. The molecule has 11 aromatic carbocycles. The maximum Gasteiger partial charge on any atom is 0.0719 e. The highest BCUT2D eigenvalue weighted by Crippen LogP contribution is 2.60. The van der Waals surface area contributed by atoms with E-state index < -0.39 is 5.41 Å². The Morgan fingerprint density at radius 1 is 0.284 bits per heavy atom. The normalized spacial score (nSPS) is 13.0. The lowest BCUT2D eigenvalue weighted by Gasteiger charge is -2.35. The Morgan fingerprint density at radius 3 is 1.27 bits per heavy atom. The Hall–Kier alpha value is -8.46. The first-order valence-corrected chi connectivity index (χ1v) is 23.4. The molecule has 0 unspecified atom stereocenters. The zero-order chi connectivity index (χ0) is 44.4. The molecule has 1 aliphatic carbocycles. The van der Waals surface area contributed by atoms with Gasteiger partial charge in [-0.1, -0.05) is 188 Å². The summed E-state index contributed by atoms with van der Waals surface area (Å²) in [4.78, 5) is 0. The van der Waals surface area contributed by atoms with Gasteiger partial charge in [0, 0.05) is 57.7 Å². The van der Waals surface area contributed by atoms with Gasteiger partial charge in [-0.2, -0.15) is 0 Å². The summed E-state index contributed by atoms with van der Waals surface area (Å²) < 4.78 is 4.64. The first kappa shape index (κ1) is 37.9. The number of hydrogen-bond acceptors (Lipinski definition) is 0. The first-order valence-electron chi connectivity index (χ1n) is 23.4. The Kier molecular flexibility index (Phi) is 8.06. The quantitative estimate of drug-likeness (QED) is 0.153. The van der Waals surface area contributed by atoms with Gasteiger partial charge in [-0.15, -0.1) is 0 Å². The highest BCUT2D eigenvalue weighted by Gasteiger charge is 2.47. The van der Waals surface area contributed by atoms with E-state index in [1.165, 1.54) is 132 Å². The monoisotopic (exact) mass is 852 g/mol. The number of rotatable bonds is 5. The molecule has 2 heteroatoms. The Labute approximate surface area is 389 Å². The molecule has 14 rings (SSSR count). The molecule has 13 aromatic rings. The fourth-order valence-corrected chi connectivity index (χ4v) is 12.3. The van der Waals surface area contributed by atoms with E-state index in [0.29, 0.717) is 0 Å². The van der Waals surface area contributed by atoms with Crippen LogP contribution in [-0.4, -0.2) is 9.13 Å². The van der Waals surface area contributed by atoms with E-state index >= 15 is 0 Å². The van der Waals surface area contributed by atoms with Gasteiger partial charge in [-0.3, -0.25) is 0 Å². The molecule has 0 aliphatic heterocycles. The summed E-state index contributed by atoms with van der Waals surface area (Å²) in [6.07, 6.45) is 0. The van der Waals surface area contributed by atoms with Crippen LogP contribution in [0.5, 0.6) is 0 Å². The molecular formula is C65H44N2. The summed E-state index contributed by atoms with van der Waals surface area (Å²) in [5.74, 6) is 0. The van der Waals surface area contributed by atoms with Crippen LogP contribution in [0, 0.1) is 0 Å². The lowest BCUT2D eigenvalue weighted by molar-refractivity contribution is 0.770. The van der Waals surface area contributed by atoms with Crippen molar-refractivity contribution in [2.45, 2.75) is 5.41 Å². The van der Waals surface area contributed by atoms with Crippen LogP contribution in [0.15, 0.2) is 231 Å². The lowest BCUT2D eigenvalue weighted by Crippen LogP contribution is -2.29. The molecule has 0 spiro atoms. The zero-order valence-electron chi connectivity index (χ0n) is 37.3. The van der Waals surface area contributed by atoms with Crippen LogP contribution in [-0.2, 0) is 19.5 Å². The molecule has 1 aliphatic rings. The molecule has 2 aromatic heterocycles. The Balaban J connectivity index is 1.13. The number of para-hydroxylation sites is 2. The maximum atomic E-state index is 2.50. The van der Waals surface area contributed by atoms with Crippen molar-refractivity contribution in [3.05, 3.63) is 253 Å². The molecule has 67 heavy (non-hydrogen) atoms. The van der Waals surface area contributed by atoms with Crippen LogP contribution in [0.3, 0.4) is 0 Å². The van der Waals surface area contributed by atoms with Gasteiger partial charge in [0.25, 0.3) is 0 Å². The van der Waals surface area contributed by atoms with Crippen LogP contribution in [0.2, 0.25) is 0 Å². The summed E-state index contributed by atoms with van der Waals surface area (Å²) in [6, 6.07) is 86.7. The minimum absolute atomic E-state index is 0.576. The standard InChI is InChI=1S/C65H44N2/c1-66-59-32-13-10-23-48(59)56-38-41(34-36-61(56)66)45-25-15-27-50-54(45)40-55-46(42-35-37-62-57(39-42)49-24-11-14-33-60(49)67(62)2)26-16-28-51(55)63(50)53-30-17-29-52-47-22-9-12-31-58(47)65(64(52)53,43-18-5-3-6-19-43)44-20-7-4-8-21-44/h3-40H,1-2H3. The Morgan fingerprint density at radius 2 is 0.701 bits per heavy atom. The lowest BCUT2D eigenvalue weighted by atomic mass is 9.65. The molecule has 314 valence electrons. The maximum absolute atomic E-state index is 2.50. The molecule has 0 saturated heterocycles. The van der Waals surface area contributed by atoms with Gasteiger partial charge < -0.3 is 9.13 Å². The van der Waals surface area contributed by atoms with Crippen LogP contribution in [0.4, 0.5) is 0 Å². The van der Waals surface area contributed by atoms with Crippen molar-refractivity contribution in [1.29, 1.82) is 0 Å². The van der Waals surface area contributed by atoms with Crippen molar-refractivity contribution in [2.24, 2.45) is 14.1 Å². The van der Waals surface area contributed by atoms with Gasteiger partial charge in [0.1, 0.15) is 0 Å². The molecule has 2 heterocycles. The van der Waals surface area contributed by atoms with Crippen LogP contribution in [0.25, 0.3) is 110 Å². The molecule has 0 atom stereocenters. The van der Waals surface area contributed by atoms with Crippen molar-refractivity contribution >= 4 is 65.2 Å². The topological polar surface area (TPSA) is 9.86 Å². The third kappa shape index (κ3) is 5.21. The van der Waals surface area contributed by atoms with Gasteiger partial charge in [0.2, 0.25) is 0 Å². The molecular weight excluding hydrogens is 809 g/mol. The molecule has 0 bridgehead atoms. The molecule has 2 nitrogen and oxygen atoms in total. The second-order valence-corrected chi connectivity index (χ2v) is 18.4. The predicted octanol–water partition coefficient (Wildman–Crippen LogP) is 16.6. The smallest absolute Gasteiger partial charge is 0.0719 e. The number of fused-ring (bicyclic) bond motifs is 11. The summed E-state index contributed by atoms with van der Waals surface area (Å²) in [5.41, 5.74) is 19.5. The summed E-state index contributed by atoms with van der Waals surface area (Å²) >= 11 is 0. The van der Waals surface area contributed by atoms with Crippen LogP contribution < -0.4 is 0 Å². The second kappa shape index (κ2) is 14.3. The molecule has 0 saturated carbocycles. The SMILES string of the molecule is Cn1c2ccccc2c2cc(-c3cccc4c(-c5cccc6c5C(c5ccccc5)(c5ccccc5)c5ccccc5-6)c5cccc(-c6ccc7c(c6)c6ccccc6n7C)c5cc34)ccc21. The van der Waals surface area contributed by atoms with E-state index in [1.807, 2.05) is 0 Å². The third-order valence-corrected chi connectivity index (χ3v) is 15.2. The van der Waals surface area contributed by atoms with E-state index in [-0.39, 0.29) is 0 Å². The summed E-state index contributed by atoms with van der Waals surface area (Å²) in [7, 11) is 4.36. The average molecular weight is 853 g/mol. The molecule has 0 N–H and O–H groups in total. The number of aromatic nitrogens is 2. The van der Waals surface area contributed by atoms with Crippen molar-refractivity contribution in [1.82, 2.24) is 9.13 Å². The number of hydrogen-bond donors (Lipinski definition) is 0. The number of aryl methyl sites for hydroxylation is 2. The van der Waals surface area contributed by atoms with E-state index in [1.54, 1.807) is 0 Å². The van der Waals surface area contributed by atoms with Crippen molar-refractivity contribution < 1.29 is 0 Å². The van der Waals surface area contributed by atoms with Gasteiger partial charge in [-0.25, -0.2) is 0 Å². The van der Waals surface area contributed by atoms with Gasteiger partial charge in [0.15, 0.2) is 0 Å². The highest BCUT2D eigenvalue weighted by molar-refractivity contribution is 6.21. The molecule has 0 fully saturated rings. The van der Waals surface area contributed by atoms with Crippen LogP contribution >= 0.6 is 0 Å². The van der Waals surface area contributed by atoms with Crippen molar-refractivity contribution in [3.63, 3.8) is 0 Å². The molecule has 0 radical (unpaired) electrons. The number of nitrogens with zero attached hydrogens (tertiary/aromatic N) is 2. The second-order valence-electron chi connectivity index (χ2n) is 18.4. The Bertz CT molecular complexity index is 3950.